The van der Waals surface area contributed by atoms with Crippen molar-refractivity contribution in [3.63, 3.8) is 0 Å². The second-order valence-corrected chi connectivity index (χ2v) is 2.06. The van der Waals surface area contributed by atoms with Gasteiger partial charge in [-0.3, -0.25) is 9.59 Å². The second-order valence-electron chi connectivity index (χ2n) is 2.06. The van der Waals surface area contributed by atoms with Gasteiger partial charge in [0.1, 0.15) is 6.04 Å². The fourth-order valence-electron chi connectivity index (χ4n) is 0.548. The van der Waals surface area contributed by atoms with Crippen LogP contribution in [0, 0.1) is 0 Å². The van der Waals surface area contributed by atoms with E-state index in [0.717, 1.165) is 0 Å². The average Bonchev–Trinajstić information content (AvgIpc) is 1.98. The van der Waals surface area contributed by atoms with Gasteiger partial charge in [0.15, 0.2) is 0 Å². The highest BCUT2D eigenvalue weighted by Crippen LogP contribution is 1.95. The summed E-state index contributed by atoms with van der Waals surface area (Å²) in [5.41, 5.74) is 5.24. The summed E-state index contributed by atoms with van der Waals surface area (Å²) in [7, 11) is 1.21. The number of rotatable bonds is 4. The molecular formula is C6H11NO4. The molecule has 64 valence electrons. The van der Waals surface area contributed by atoms with E-state index in [0.29, 0.717) is 0 Å². The van der Waals surface area contributed by atoms with Crippen LogP contribution >= 0.6 is 0 Å². The van der Waals surface area contributed by atoms with Gasteiger partial charge in [0.2, 0.25) is 0 Å². The van der Waals surface area contributed by atoms with Crippen molar-refractivity contribution >= 4 is 11.9 Å². The molecular weight excluding hydrogens is 150 g/mol. The van der Waals surface area contributed by atoms with Crippen LogP contribution in [0.1, 0.15) is 12.8 Å². The van der Waals surface area contributed by atoms with Gasteiger partial charge in [-0.2, -0.15) is 0 Å². The minimum absolute atomic E-state index is 0.113. The van der Waals surface area contributed by atoms with Gasteiger partial charge in [0.25, 0.3) is 0 Å². The molecule has 0 aromatic heterocycles. The Hall–Kier alpha value is -1.10. The van der Waals surface area contributed by atoms with Crippen molar-refractivity contribution in [2.75, 3.05) is 7.11 Å². The normalized spacial score (nSPS) is 12.2. The minimum atomic E-state index is -0.968. The molecule has 0 aliphatic carbocycles. The van der Waals surface area contributed by atoms with Gasteiger partial charge < -0.3 is 15.6 Å². The molecule has 0 unspecified atom stereocenters. The number of ether oxygens (including phenoxy) is 1. The lowest BCUT2D eigenvalue weighted by Crippen LogP contribution is -2.31. The topological polar surface area (TPSA) is 89.6 Å². The van der Waals surface area contributed by atoms with Gasteiger partial charge in [-0.25, -0.2) is 0 Å². The van der Waals surface area contributed by atoms with E-state index in [1.165, 1.54) is 7.11 Å². The third-order valence-corrected chi connectivity index (χ3v) is 1.17. The van der Waals surface area contributed by atoms with Crippen molar-refractivity contribution < 1.29 is 19.4 Å². The molecule has 0 heterocycles. The van der Waals surface area contributed by atoms with E-state index in [9.17, 15) is 9.59 Å². The summed E-state index contributed by atoms with van der Waals surface area (Å²) in [5, 5.41) is 8.21. The summed E-state index contributed by atoms with van der Waals surface area (Å²) in [6.45, 7) is 0. The fourth-order valence-corrected chi connectivity index (χ4v) is 0.548. The summed E-state index contributed by atoms with van der Waals surface area (Å²) in [6.07, 6.45) is -0.00171. The zero-order valence-electron chi connectivity index (χ0n) is 6.24. The lowest BCUT2D eigenvalue weighted by Gasteiger charge is -2.05. The van der Waals surface area contributed by atoms with E-state index in [2.05, 4.69) is 4.74 Å². The molecule has 0 aromatic carbocycles. The van der Waals surface area contributed by atoms with Crippen molar-refractivity contribution in [2.24, 2.45) is 5.73 Å². The lowest BCUT2D eigenvalue weighted by molar-refractivity contribution is -0.142. The number of carboxylic acid groups (broad SMARTS) is 1. The van der Waals surface area contributed by atoms with E-state index < -0.39 is 18.0 Å². The molecule has 0 rings (SSSR count). The number of carbonyl (C=O) groups excluding carboxylic acids is 1. The van der Waals surface area contributed by atoms with Gasteiger partial charge >= 0.3 is 11.9 Å². The molecule has 0 radical (unpaired) electrons. The molecule has 0 aromatic rings. The molecule has 0 fully saturated rings. The van der Waals surface area contributed by atoms with Crippen LogP contribution in [0.5, 0.6) is 0 Å². The summed E-state index contributed by atoms with van der Waals surface area (Å²) < 4.78 is 4.29. The van der Waals surface area contributed by atoms with Crippen LogP contribution < -0.4 is 5.73 Å². The van der Waals surface area contributed by atoms with Gasteiger partial charge in [-0.1, -0.05) is 0 Å². The van der Waals surface area contributed by atoms with E-state index in [-0.39, 0.29) is 12.8 Å². The smallest absolute Gasteiger partial charge is 0.322 e. The van der Waals surface area contributed by atoms with Gasteiger partial charge in [-0.05, 0) is 6.42 Å². The molecule has 11 heavy (non-hydrogen) atoms. The molecule has 3 N–H and O–H groups in total. The molecule has 0 amide bonds. The highest BCUT2D eigenvalue weighted by Gasteiger charge is 2.14. The molecule has 5 heteroatoms. The Morgan fingerprint density at radius 3 is 2.55 bits per heavy atom. The molecule has 0 aliphatic rings. The first kappa shape index (κ1) is 9.90. The van der Waals surface area contributed by atoms with E-state index in [1.54, 1.807) is 0 Å². The maximum absolute atomic E-state index is 10.6. The SMILES string of the molecule is COC(=O)[C@H](N)CCC(=O)O. The van der Waals surface area contributed by atoms with Crippen LogP contribution in [0.4, 0.5) is 0 Å². The molecule has 1 atom stereocenters. The first-order chi connectivity index (χ1) is 5.07. The number of nitrogens with two attached hydrogens (primary N) is 1. The summed E-state index contributed by atoms with van der Waals surface area (Å²) in [6, 6.07) is -0.823. The zero-order chi connectivity index (χ0) is 8.85. The molecule has 0 saturated carbocycles. The Labute approximate surface area is 64.1 Å². The number of hydrogen-bond acceptors (Lipinski definition) is 4. The van der Waals surface area contributed by atoms with Crippen molar-refractivity contribution in [1.29, 1.82) is 0 Å². The molecule has 0 spiro atoms. The first-order valence-electron chi connectivity index (χ1n) is 3.13. The van der Waals surface area contributed by atoms with Gasteiger partial charge in [0, 0.05) is 6.42 Å². The second kappa shape index (κ2) is 4.68. The van der Waals surface area contributed by atoms with Crippen molar-refractivity contribution in [2.45, 2.75) is 18.9 Å². The fraction of sp³-hybridized carbons (Fsp3) is 0.667. The van der Waals surface area contributed by atoms with Gasteiger partial charge in [0.05, 0.1) is 7.11 Å². The quantitative estimate of drug-likeness (QED) is 0.535. The number of methoxy groups -OCH3 is 1. The predicted octanol–water partition coefficient (Wildman–Crippen LogP) is -0.648. The van der Waals surface area contributed by atoms with E-state index in [1.807, 2.05) is 0 Å². The summed E-state index contributed by atoms with van der Waals surface area (Å²) in [4.78, 5) is 20.6. The highest BCUT2D eigenvalue weighted by molar-refractivity contribution is 5.76. The maximum atomic E-state index is 10.6. The Balaban J connectivity index is 3.60. The number of carbonyl (C=O) groups is 2. The largest absolute Gasteiger partial charge is 0.481 e. The highest BCUT2D eigenvalue weighted by atomic mass is 16.5. The van der Waals surface area contributed by atoms with Gasteiger partial charge in [-0.15, -0.1) is 0 Å². The third-order valence-electron chi connectivity index (χ3n) is 1.17. The lowest BCUT2D eigenvalue weighted by atomic mass is 10.2. The monoisotopic (exact) mass is 161 g/mol. The number of aliphatic carboxylic acids is 1. The Morgan fingerprint density at radius 1 is 1.64 bits per heavy atom. The number of esters is 1. The molecule has 5 nitrogen and oxygen atoms in total. The third kappa shape index (κ3) is 4.32. The van der Waals surface area contributed by atoms with Crippen LogP contribution in [-0.4, -0.2) is 30.2 Å². The molecule has 0 saturated heterocycles. The standard InChI is InChI=1S/C6H11NO4/c1-11-6(10)4(7)2-3-5(8)9/h4H,2-3,7H2,1H3,(H,8,9)/t4-/m1/s1. The first-order valence-corrected chi connectivity index (χ1v) is 3.13. The van der Waals surface area contributed by atoms with Crippen LogP contribution in [0.15, 0.2) is 0 Å². The van der Waals surface area contributed by atoms with Crippen LogP contribution in [0.2, 0.25) is 0 Å². The van der Waals surface area contributed by atoms with Crippen LogP contribution in [-0.2, 0) is 14.3 Å². The summed E-state index contributed by atoms with van der Waals surface area (Å²) in [5.74, 6) is -1.55. The van der Waals surface area contributed by atoms with Crippen molar-refractivity contribution in [3.05, 3.63) is 0 Å². The number of hydrogen-bond donors (Lipinski definition) is 2. The van der Waals surface area contributed by atoms with Crippen LogP contribution in [0.3, 0.4) is 0 Å². The average molecular weight is 161 g/mol. The molecule has 0 aliphatic heterocycles. The Bertz CT molecular complexity index is 157. The summed E-state index contributed by atoms with van der Waals surface area (Å²) >= 11 is 0. The maximum Gasteiger partial charge on any atom is 0.322 e. The van der Waals surface area contributed by atoms with Crippen LogP contribution in [0.25, 0.3) is 0 Å². The van der Waals surface area contributed by atoms with E-state index in [4.69, 9.17) is 10.8 Å². The van der Waals surface area contributed by atoms with Crippen molar-refractivity contribution in [3.8, 4) is 0 Å². The Morgan fingerprint density at radius 2 is 2.18 bits per heavy atom. The Kier molecular flexibility index (Phi) is 4.21. The van der Waals surface area contributed by atoms with E-state index >= 15 is 0 Å². The number of carboxylic acids is 1. The molecule has 0 bridgehead atoms. The van der Waals surface area contributed by atoms with Crippen molar-refractivity contribution in [1.82, 2.24) is 0 Å². The predicted molar refractivity (Wildman–Crippen MR) is 36.9 cm³/mol. The minimum Gasteiger partial charge on any atom is -0.481 e. The zero-order valence-corrected chi connectivity index (χ0v) is 6.24.